The van der Waals surface area contributed by atoms with Crippen LogP contribution in [0.5, 0.6) is 0 Å². The molecule has 0 bridgehead atoms. The van der Waals surface area contributed by atoms with E-state index in [1.165, 1.54) is 17.7 Å². The molecule has 3 rings (SSSR count). The van der Waals surface area contributed by atoms with Gasteiger partial charge in [0.15, 0.2) is 5.96 Å². The number of nitrogens with zero attached hydrogens (tertiary/aromatic N) is 2. The monoisotopic (exact) mass is 354 g/mol. The topological polar surface area (TPSA) is 70.7 Å². The number of benzene rings is 2. The Morgan fingerprint density at radius 2 is 2.00 bits per heavy atom. The lowest BCUT2D eigenvalue weighted by Crippen LogP contribution is -2.45. The van der Waals surface area contributed by atoms with Crippen molar-refractivity contribution in [2.75, 3.05) is 25.0 Å². The number of nitrogens with one attached hydrogen (secondary N) is 1. The van der Waals surface area contributed by atoms with Crippen LogP contribution in [0.25, 0.3) is 0 Å². The second kappa shape index (κ2) is 7.99. The van der Waals surface area contributed by atoms with E-state index in [1.54, 1.807) is 19.2 Å². The van der Waals surface area contributed by atoms with E-state index < -0.39 is 5.92 Å². The highest BCUT2D eigenvalue weighted by Gasteiger charge is 2.24. The number of hydrogen-bond donors (Lipinski definition) is 2. The first-order valence-electron chi connectivity index (χ1n) is 8.68. The van der Waals surface area contributed by atoms with Gasteiger partial charge in [-0.05, 0) is 42.2 Å². The Morgan fingerprint density at radius 3 is 2.69 bits per heavy atom. The molecule has 1 heterocycles. The third-order valence-electron chi connectivity index (χ3n) is 4.66. The smallest absolute Gasteiger partial charge is 0.222 e. The number of rotatable bonds is 5. The van der Waals surface area contributed by atoms with Crippen LogP contribution in [0.15, 0.2) is 53.5 Å². The number of guanidine groups is 1. The Balaban J connectivity index is 1.66. The second-order valence-electron chi connectivity index (χ2n) is 6.39. The molecule has 2 aromatic carbocycles. The third kappa shape index (κ3) is 4.02. The van der Waals surface area contributed by atoms with Crippen molar-refractivity contribution in [3.05, 3.63) is 65.5 Å². The van der Waals surface area contributed by atoms with Gasteiger partial charge in [-0.2, -0.15) is 0 Å². The summed E-state index contributed by atoms with van der Waals surface area (Å²) in [5.41, 5.74) is 8.86. The second-order valence-corrected chi connectivity index (χ2v) is 6.39. The molecule has 1 atom stereocenters. The highest BCUT2D eigenvalue weighted by atomic mass is 19.1. The van der Waals surface area contributed by atoms with Crippen LogP contribution in [-0.4, -0.2) is 32.0 Å². The highest BCUT2D eigenvalue weighted by molar-refractivity contribution is 5.98. The molecule has 0 saturated carbocycles. The fourth-order valence-electron chi connectivity index (χ4n) is 3.25. The summed E-state index contributed by atoms with van der Waals surface area (Å²) in [6.07, 6.45) is 1.42. The maximum atomic E-state index is 13.1. The van der Waals surface area contributed by atoms with Crippen molar-refractivity contribution >= 4 is 17.6 Å². The molecule has 2 aromatic rings. The third-order valence-corrected chi connectivity index (χ3v) is 4.66. The molecular formula is C20H23FN4O. The quantitative estimate of drug-likeness (QED) is 0.638. The Bertz CT molecular complexity index is 804. The van der Waals surface area contributed by atoms with Crippen LogP contribution in [0.4, 0.5) is 10.1 Å². The van der Waals surface area contributed by atoms with E-state index >= 15 is 0 Å². The largest absolute Gasteiger partial charge is 0.369 e. The molecule has 0 spiro atoms. The van der Waals surface area contributed by atoms with Crippen LogP contribution in [0.2, 0.25) is 0 Å². The summed E-state index contributed by atoms with van der Waals surface area (Å²) in [6, 6.07) is 14.4. The van der Waals surface area contributed by atoms with Gasteiger partial charge >= 0.3 is 0 Å². The predicted octanol–water partition coefficient (Wildman–Crippen LogP) is 2.11. The van der Waals surface area contributed by atoms with Crippen LogP contribution < -0.4 is 16.0 Å². The lowest BCUT2D eigenvalue weighted by Gasteiger charge is -2.24. The number of carbonyl (C=O) groups is 1. The van der Waals surface area contributed by atoms with Crippen LogP contribution >= 0.6 is 0 Å². The summed E-state index contributed by atoms with van der Waals surface area (Å²) in [5.74, 6) is -0.370. The highest BCUT2D eigenvalue weighted by Crippen LogP contribution is 2.27. The number of amides is 1. The van der Waals surface area contributed by atoms with Gasteiger partial charge < -0.3 is 16.0 Å². The molecule has 0 aromatic heterocycles. The average Bonchev–Trinajstić information content (AvgIpc) is 3.07. The summed E-state index contributed by atoms with van der Waals surface area (Å²) in [4.78, 5) is 18.3. The molecule has 1 aliphatic rings. The van der Waals surface area contributed by atoms with Gasteiger partial charge in [-0.1, -0.05) is 30.3 Å². The zero-order chi connectivity index (χ0) is 18.5. The zero-order valence-corrected chi connectivity index (χ0v) is 14.8. The van der Waals surface area contributed by atoms with Crippen molar-refractivity contribution in [2.24, 2.45) is 16.6 Å². The molecule has 0 radical (unpaired) electrons. The van der Waals surface area contributed by atoms with Crippen molar-refractivity contribution in [2.45, 2.75) is 12.8 Å². The fraction of sp³-hybridized carbons (Fsp3) is 0.300. The minimum absolute atomic E-state index is 0.296. The van der Waals surface area contributed by atoms with E-state index in [-0.39, 0.29) is 11.7 Å². The van der Waals surface area contributed by atoms with E-state index in [0.717, 1.165) is 30.2 Å². The van der Waals surface area contributed by atoms with Gasteiger partial charge in [0.25, 0.3) is 0 Å². The van der Waals surface area contributed by atoms with Gasteiger partial charge in [0.2, 0.25) is 5.91 Å². The van der Waals surface area contributed by atoms with E-state index in [9.17, 15) is 9.18 Å². The Hall–Kier alpha value is -2.89. The Kier molecular flexibility index (Phi) is 5.51. The summed E-state index contributed by atoms with van der Waals surface area (Å²) < 4.78 is 13.1. The molecule has 1 aliphatic heterocycles. The minimum Gasteiger partial charge on any atom is -0.369 e. The molecule has 0 fully saturated rings. The van der Waals surface area contributed by atoms with Crippen molar-refractivity contribution in [3.8, 4) is 0 Å². The summed E-state index contributed by atoms with van der Waals surface area (Å²) in [5, 5.41) is 3.27. The maximum absolute atomic E-state index is 13.1. The van der Waals surface area contributed by atoms with Gasteiger partial charge in [0.05, 0.1) is 5.92 Å². The summed E-state index contributed by atoms with van der Waals surface area (Å²) in [6.45, 7) is 1.22. The molecular weight excluding hydrogens is 331 g/mol. The number of primary amides is 1. The van der Waals surface area contributed by atoms with Crippen molar-refractivity contribution < 1.29 is 9.18 Å². The maximum Gasteiger partial charge on any atom is 0.222 e. The molecule has 0 saturated heterocycles. The Morgan fingerprint density at radius 1 is 1.27 bits per heavy atom. The molecule has 1 unspecified atom stereocenters. The molecule has 1 amide bonds. The SMILES string of the molecule is CN=C(NCC(Cc1ccc(F)cc1)C(N)=O)N1CCc2ccccc21. The zero-order valence-electron chi connectivity index (χ0n) is 14.8. The number of nitrogens with two attached hydrogens (primary N) is 1. The average molecular weight is 354 g/mol. The fourth-order valence-corrected chi connectivity index (χ4v) is 3.25. The van der Waals surface area contributed by atoms with E-state index in [1.807, 2.05) is 12.1 Å². The van der Waals surface area contributed by atoms with Crippen LogP contribution in [0.1, 0.15) is 11.1 Å². The first-order chi connectivity index (χ1) is 12.6. The first-order valence-corrected chi connectivity index (χ1v) is 8.68. The molecule has 26 heavy (non-hydrogen) atoms. The van der Waals surface area contributed by atoms with Gasteiger partial charge in [0, 0.05) is 25.8 Å². The lowest BCUT2D eigenvalue weighted by molar-refractivity contribution is -0.121. The van der Waals surface area contributed by atoms with E-state index in [4.69, 9.17) is 5.73 Å². The normalized spacial score (nSPS) is 14.8. The van der Waals surface area contributed by atoms with Crippen LogP contribution in [0, 0.1) is 11.7 Å². The number of hydrogen-bond acceptors (Lipinski definition) is 2. The summed E-state index contributed by atoms with van der Waals surface area (Å²) in [7, 11) is 1.72. The van der Waals surface area contributed by atoms with E-state index in [2.05, 4.69) is 27.3 Å². The van der Waals surface area contributed by atoms with Crippen molar-refractivity contribution in [1.82, 2.24) is 5.32 Å². The van der Waals surface area contributed by atoms with Gasteiger partial charge in [-0.25, -0.2) is 4.39 Å². The van der Waals surface area contributed by atoms with Gasteiger partial charge in [-0.15, -0.1) is 0 Å². The first kappa shape index (κ1) is 17.9. The number of halogens is 1. The van der Waals surface area contributed by atoms with Crippen molar-refractivity contribution in [3.63, 3.8) is 0 Å². The number of carbonyl (C=O) groups excluding carboxylic acids is 1. The molecule has 6 heteroatoms. The lowest BCUT2D eigenvalue weighted by atomic mass is 9.98. The summed E-state index contributed by atoms with van der Waals surface area (Å²) >= 11 is 0. The molecule has 3 N–H and O–H groups in total. The van der Waals surface area contributed by atoms with Gasteiger partial charge in [0.1, 0.15) is 5.82 Å². The van der Waals surface area contributed by atoms with Crippen LogP contribution in [0.3, 0.4) is 0 Å². The number of anilines is 1. The van der Waals surface area contributed by atoms with Crippen LogP contribution in [-0.2, 0) is 17.6 Å². The standard InChI is InChI=1S/C20H23FN4O/c1-23-20(25-11-10-15-4-2-3-5-18(15)25)24-13-16(19(22)26)12-14-6-8-17(21)9-7-14/h2-9,16H,10-13H2,1H3,(H2,22,26)(H,23,24). The Labute approximate surface area is 152 Å². The minimum atomic E-state index is -0.407. The number of fused-ring (bicyclic) bond motifs is 1. The number of aliphatic imine (C=N–C) groups is 1. The van der Waals surface area contributed by atoms with Crippen molar-refractivity contribution in [1.29, 1.82) is 0 Å². The molecule has 136 valence electrons. The molecule has 0 aliphatic carbocycles. The number of para-hydroxylation sites is 1. The predicted molar refractivity (Wildman–Crippen MR) is 102 cm³/mol. The van der Waals surface area contributed by atoms with E-state index in [0.29, 0.717) is 13.0 Å². The van der Waals surface area contributed by atoms with Gasteiger partial charge in [-0.3, -0.25) is 9.79 Å². The molecule has 5 nitrogen and oxygen atoms in total.